The van der Waals surface area contributed by atoms with E-state index < -0.39 is 0 Å². The average Bonchev–Trinajstić information content (AvgIpc) is 2.25. The molecule has 1 heterocycles. The van der Waals surface area contributed by atoms with Crippen molar-refractivity contribution in [2.24, 2.45) is 11.1 Å². The summed E-state index contributed by atoms with van der Waals surface area (Å²) in [7, 11) is 0. The number of rotatable bonds is 5. The SMILES string of the molecule is Cc1cnccc1CNC(=O)CC(N)CC(C)(C)C. The minimum absolute atomic E-state index is 0.00737. The molecule has 0 saturated carbocycles. The summed E-state index contributed by atoms with van der Waals surface area (Å²) in [6.45, 7) is 8.91. The number of aryl methyl sites for hydroxylation is 1. The molecule has 3 N–H and O–H groups in total. The fourth-order valence-corrected chi connectivity index (χ4v) is 2.06. The first-order valence-corrected chi connectivity index (χ1v) is 6.70. The summed E-state index contributed by atoms with van der Waals surface area (Å²) >= 11 is 0. The molecule has 1 aromatic heterocycles. The predicted octanol–water partition coefficient (Wildman–Crippen LogP) is 2.16. The smallest absolute Gasteiger partial charge is 0.221 e. The first-order valence-electron chi connectivity index (χ1n) is 6.70. The van der Waals surface area contributed by atoms with Gasteiger partial charge in [0, 0.05) is 31.4 Å². The van der Waals surface area contributed by atoms with Gasteiger partial charge >= 0.3 is 0 Å². The minimum Gasteiger partial charge on any atom is -0.352 e. The summed E-state index contributed by atoms with van der Waals surface area (Å²) in [6.07, 6.45) is 4.75. The first kappa shape index (κ1) is 15.6. The second kappa shape index (κ2) is 6.66. The van der Waals surface area contributed by atoms with Gasteiger partial charge in [0.05, 0.1) is 0 Å². The number of nitrogens with zero attached hydrogens (tertiary/aromatic N) is 1. The lowest BCUT2D eigenvalue weighted by molar-refractivity contribution is -0.121. The summed E-state index contributed by atoms with van der Waals surface area (Å²) in [6, 6.07) is 1.84. The van der Waals surface area contributed by atoms with Crippen molar-refractivity contribution < 1.29 is 4.79 Å². The number of pyridine rings is 1. The molecule has 0 fully saturated rings. The Morgan fingerprint density at radius 1 is 1.47 bits per heavy atom. The molecule has 1 atom stereocenters. The van der Waals surface area contributed by atoms with E-state index in [4.69, 9.17) is 5.73 Å². The normalized spacial score (nSPS) is 13.1. The molecule has 106 valence electrons. The Morgan fingerprint density at radius 3 is 2.74 bits per heavy atom. The largest absolute Gasteiger partial charge is 0.352 e. The van der Waals surface area contributed by atoms with Gasteiger partial charge in [0.2, 0.25) is 5.91 Å². The zero-order valence-corrected chi connectivity index (χ0v) is 12.4. The fourth-order valence-electron chi connectivity index (χ4n) is 2.06. The number of hydrogen-bond acceptors (Lipinski definition) is 3. The van der Waals surface area contributed by atoms with Crippen molar-refractivity contribution in [2.45, 2.75) is 53.1 Å². The van der Waals surface area contributed by atoms with Crippen LogP contribution in [0.15, 0.2) is 18.5 Å². The molecule has 0 saturated heterocycles. The molecule has 4 nitrogen and oxygen atoms in total. The molecular formula is C15H25N3O. The van der Waals surface area contributed by atoms with E-state index in [1.807, 2.05) is 13.0 Å². The van der Waals surface area contributed by atoms with Gasteiger partial charge in [-0.3, -0.25) is 9.78 Å². The van der Waals surface area contributed by atoms with E-state index in [0.717, 1.165) is 17.5 Å². The highest BCUT2D eigenvalue weighted by Gasteiger charge is 2.18. The quantitative estimate of drug-likeness (QED) is 0.855. The van der Waals surface area contributed by atoms with Crippen LogP contribution in [0.1, 0.15) is 44.7 Å². The summed E-state index contributed by atoms with van der Waals surface area (Å²) in [5.74, 6) is 0.00737. The van der Waals surface area contributed by atoms with Gasteiger partial charge in [0.15, 0.2) is 0 Å². The van der Waals surface area contributed by atoms with Crippen LogP contribution < -0.4 is 11.1 Å². The molecule has 4 heteroatoms. The lowest BCUT2D eigenvalue weighted by Gasteiger charge is -2.22. The Balaban J connectivity index is 2.38. The maximum absolute atomic E-state index is 11.8. The minimum atomic E-state index is -0.0847. The van der Waals surface area contributed by atoms with Crippen LogP contribution in [0.25, 0.3) is 0 Å². The van der Waals surface area contributed by atoms with Crippen LogP contribution in [0.2, 0.25) is 0 Å². The molecule has 0 radical (unpaired) electrons. The molecule has 0 aliphatic rings. The molecule has 0 aromatic carbocycles. The summed E-state index contributed by atoms with van der Waals surface area (Å²) in [5.41, 5.74) is 8.32. The molecule has 0 aliphatic heterocycles. The maximum atomic E-state index is 11.8. The van der Waals surface area contributed by atoms with Crippen LogP contribution >= 0.6 is 0 Å². The van der Waals surface area contributed by atoms with E-state index in [-0.39, 0.29) is 17.4 Å². The number of carbonyl (C=O) groups excluding carboxylic acids is 1. The summed E-state index contributed by atoms with van der Waals surface area (Å²) < 4.78 is 0. The van der Waals surface area contributed by atoms with Gasteiger partial charge < -0.3 is 11.1 Å². The van der Waals surface area contributed by atoms with Crippen LogP contribution in [0.3, 0.4) is 0 Å². The van der Waals surface area contributed by atoms with Gasteiger partial charge in [0.1, 0.15) is 0 Å². The van der Waals surface area contributed by atoms with Crippen molar-refractivity contribution in [1.82, 2.24) is 10.3 Å². The first-order chi connectivity index (χ1) is 8.78. The highest BCUT2D eigenvalue weighted by molar-refractivity contribution is 5.76. The van der Waals surface area contributed by atoms with Crippen molar-refractivity contribution in [3.05, 3.63) is 29.6 Å². The molecule has 0 bridgehead atoms. The van der Waals surface area contributed by atoms with Gasteiger partial charge in [-0.2, -0.15) is 0 Å². The Labute approximate surface area is 115 Å². The molecule has 1 amide bonds. The van der Waals surface area contributed by atoms with E-state index in [0.29, 0.717) is 13.0 Å². The van der Waals surface area contributed by atoms with Crippen molar-refractivity contribution >= 4 is 5.91 Å². The third kappa shape index (κ3) is 6.34. The number of nitrogens with two attached hydrogens (primary N) is 1. The number of hydrogen-bond donors (Lipinski definition) is 2. The monoisotopic (exact) mass is 263 g/mol. The summed E-state index contributed by atoms with van der Waals surface area (Å²) in [5, 5.41) is 2.91. The lowest BCUT2D eigenvalue weighted by Crippen LogP contribution is -2.34. The second-order valence-electron chi connectivity index (χ2n) is 6.31. The third-order valence-electron chi connectivity index (χ3n) is 2.93. The standard InChI is InChI=1S/C15H25N3O/c1-11-9-17-6-5-12(11)10-18-14(19)7-13(16)8-15(2,3)4/h5-6,9,13H,7-8,10,16H2,1-4H3,(H,18,19). The topological polar surface area (TPSA) is 68.0 Å². The van der Waals surface area contributed by atoms with Crippen molar-refractivity contribution in [3.63, 3.8) is 0 Å². The van der Waals surface area contributed by atoms with Gasteiger partial charge in [-0.05, 0) is 36.0 Å². The van der Waals surface area contributed by atoms with Crippen LogP contribution in [0, 0.1) is 12.3 Å². The molecule has 1 rings (SSSR count). The van der Waals surface area contributed by atoms with E-state index in [9.17, 15) is 4.79 Å². The Hall–Kier alpha value is -1.42. The van der Waals surface area contributed by atoms with Gasteiger partial charge in [-0.25, -0.2) is 0 Å². The number of carbonyl (C=O) groups is 1. The van der Waals surface area contributed by atoms with Crippen molar-refractivity contribution in [2.75, 3.05) is 0 Å². The highest BCUT2D eigenvalue weighted by atomic mass is 16.1. The zero-order valence-electron chi connectivity index (χ0n) is 12.4. The van der Waals surface area contributed by atoms with Gasteiger partial charge in [-0.1, -0.05) is 20.8 Å². The Morgan fingerprint density at radius 2 is 2.16 bits per heavy atom. The van der Waals surface area contributed by atoms with Crippen LogP contribution in [-0.4, -0.2) is 16.9 Å². The van der Waals surface area contributed by atoms with E-state index in [1.54, 1.807) is 12.4 Å². The van der Waals surface area contributed by atoms with E-state index in [2.05, 4.69) is 31.1 Å². The zero-order chi connectivity index (χ0) is 14.5. The average molecular weight is 263 g/mol. The Bertz CT molecular complexity index is 424. The molecule has 0 aliphatic carbocycles. The summed E-state index contributed by atoms with van der Waals surface area (Å²) in [4.78, 5) is 15.8. The van der Waals surface area contributed by atoms with E-state index >= 15 is 0 Å². The van der Waals surface area contributed by atoms with Crippen LogP contribution in [0.5, 0.6) is 0 Å². The molecular weight excluding hydrogens is 238 g/mol. The molecule has 1 unspecified atom stereocenters. The van der Waals surface area contributed by atoms with Crippen LogP contribution in [0.4, 0.5) is 0 Å². The van der Waals surface area contributed by atoms with Gasteiger partial charge in [-0.15, -0.1) is 0 Å². The van der Waals surface area contributed by atoms with Gasteiger partial charge in [0.25, 0.3) is 0 Å². The maximum Gasteiger partial charge on any atom is 0.221 e. The number of aromatic nitrogens is 1. The third-order valence-corrected chi connectivity index (χ3v) is 2.93. The molecule has 19 heavy (non-hydrogen) atoms. The fraction of sp³-hybridized carbons (Fsp3) is 0.600. The Kier molecular flexibility index (Phi) is 5.48. The van der Waals surface area contributed by atoms with Crippen molar-refractivity contribution in [3.8, 4) is 0 Å². The number of nitrogens with one attached hydrogen (secondary N) is 1. The second-order valence-corrected chi connectivity index (χ2v) is 6.31. The predicted molar refractivity (Wildman–Crippen MR) is 77.5 cm³/mol. The molecule has 1 aromatic rings. The highest BCUT2D eigenvalue weighted by Crippen LogP contribution is 2.20. The van der Waals surface area contributed by atoms with E-state index in [1.165, 1.54) is 0 Å². The lowest BCUT2D eigenvalue weighted by atomic mass is 9.87. The number of amides is 1. The van der Waals surface area contributed by atoms with Crippen LogP contribution in [-0.2, 0) is 11.3 Å². The molecule has 0 spiro atoms. The van der Waals surface area contributed by atoms with Crippen molar-refractivity contribution in [1.29, 1.82) is 0 Å².